The lowest BCUT2D eigenvalue weighted by molar-refractivity contribution is -0.113. The summed E-state index contributed by atoms with van der Waals surface area (Å²) in [6.07, 6.45) is -0.376. The quantitative estimate of drug-likeness (QED) is 0.616. The fraction of sp³-hybridized carbons (Fsp3) is 0.211. The molecule has 3 aromatic rings. The van der Waals surface area contributed by atoms with Crippen LogP contribution in [0.15, 0.2) is 53.7 Å². The van der Waals surface area contributed by atoms with E-state index in [1.165, 1.54) is 11.8 Å². The van der Waals surface area contributed by atoms with E-state index in [0.717, 1.165) is 0 Å². The van der Waals surface area contributed by atoms with Gasteiger partial charge < -0.3 is 19.5 Å². The number of thioether (sulfide) groups is 1. The maximum Gasteiger partial charge on any atom is 0.234 e. The van der Waals surface area contributed by atoms with E-state index >= 15 is 0 Å². The molecule has 1 atom stereocenters. The molecule has 2 heterocycles. The van der Waals surface area contributed by atoms with E-state index in [2.05, 4.69) is 20.5 Å². The Balaban J connectivity index is 1.33. The molecule has 1 amide bonds. The van der Waals surface area contributed by atoms with Crippen molar-refractivity contribution in [2.45, 2.75) is 11.3 Å². The molecule has 0 radical (unpaired) electrons. The number of aromatic nitrogens is 3. The Hall–Kier alpha value is -3.20. The Bertz CT molecular complexity index is 978. The molecule has 0 bridgehead atoms. The topological polar surface area (TPSA) is 98.4 Å². The molecular weight excluding hydrogens is 380 g/mol. The number of benzene rings is 2. The molecule has 0 saturated heterocycles. The van der Waals surface area contributed by atoms with Gasteiger partial charge in [-0.1, -0.05) is 36.0 Å². The minimum absolute atomic E-state index is 0.167. The molecule has 1 aliphatic rings. The predicted molar refractivity (Wildman–Crippen MR) is 104 cm³/mol. The Morgan fingerprint density at radius 1 is 1.25 bits per heavy atom. The van der Waals surface area contributed by atoms with Gasteiger partial charge in [0.15, 0.2) is 23.4 Å². The first-order valence-corrected chi connectivity index (χ1v) is 9.58. The zero-order valence-corrected chi connectivity index (χ0v) is 15.9. The van der Waals surface area contributed by atoms with Gasteiger partial charge in [-0.15, -0.1) is 5.10 Å². The van der Waals surface area contributed by atoms with Crippen LogP contribution < -0.4 is 19.5 Å². The maximum atomic E-state index is 12.2. The summed E-state index contributed by atoms with van der Waals surface area (Å²) in [6.45, 7) is 0.338. The van der Waals surface area contributed by atoms with Gasteiger partial charge in [-0.2, -0.15) is 0 Å². The van der Waals surface area contributed by atoms with Crippen molar-refractivity contribution in [2.24, 2.45) is 0 Å². The van der Waals surface area contributed by atoms with Gasteiger partial charge in [0, 0.05) is 0 Å². The molecule has 9 heteroatoms. The molecule has 2 N–H and O–H groups in total. The van der Waals surface area contributed by atoms with E-state index in [0.29, 0.717) is 40.5 Å². The first kappa shape index (κ1) is 18.2. The zero-order chi connectivity index (χ0) is 19.3. The number of amides is 1. The first-order chi connectivity index (χ1) is 13.7. The van der Waals surface area contributed by atoms with Crippen LogP contribution in [0.25, 0.3) is 0 Å². The van der Waals surface area contributed by atoms with Gasteiger partial charge >= 0.3 is 0 Å². The third-order valence-corrected chi connectivity index (χ3v) is 4.86. The largest absolute Gasteiger partial charge is 0.495 e. The number of para-hydroxylation sites is 4. The minimum atomic E-state index is -0.376. The van der Waals surface area contributed by atoms with Gasteiger partial charge in [0.2, 0.25) is 11.1 Å². The second-order valence-corrected chi connectivity index (χ2v) is 6.85. The van der Waals surface area contributed by atoms with E-state index in [9.17, 15) is 4.79 Å². The van der Waals surface area contributed by atoms with Crippen molar-refractivity contribution in [2.75, 3.05) is 24.8 Å². The smallest absolute Gasteiger partial charge is 0.234 e. The number of anilines is 1. The third-order valence-electron chi connectivity index (χ3n) is 4.01. The van der Waals surface area contributed by atoms with E-state index in [4.69, 9.17) is 14.2 Å². The number of nitrogens with zero attached hydrogens (tertiary/aromatic N) is 2. The molecule has 8 nitrogen and oxygen atoms in total. The lowest BCUT2D eigenvalue weighted by Crippen LogP contribution is -2.22. The Labute approximate surface area is 165 Å². The van der Waals surface area contributed by atoms with Gasteiger partial charge in [-0.3, -0.25) is 9.89 Å². The second kappa shape index (κ2) is 8.22. The number of aromatic amines is 1. The van der Waals surface area contributed by atoms with Crippen molar-refractivity contribution < 1.29 is 19.0 Å². The molecular formula is C19H18N4O4S. The van der Waals surface area contributed by atoms with Crippen molar-refractivity contribution >= 4 is 23.4 Å². The number of nitrogens with one attached hydrogen (secondary N) is 2. The highest BCUT2D eigenvalue weighted by molar-refractivity contribution is 7.99. The van der Waals surface area contributed by atoms with Crippen molar-refractivity contribution in [1.29, 1.82) is 0 Å². The van der Waals surface area contributed by atoms with Crippen LogP contribution in [0.5, 0.6) is 17.2 Å². The van der Waals surface area contributed by atoms with Crippen LogP contribution >= 0.6 is 11.8 Å². The number of fused-ring (bicyclic) bond motifs is 1. The van der Waals surface area contributed by atoms with Crippen LogP contribution in [0, 0.1) is 0 Å². The molecule has 2 aromatic carbocycles. The van der Waals surface area contributed by atoms with E-state index in [-0.39, 0.29) is 17.8 Å². The van der Waals surface area contributed by atoms with Gasteiger partial charge in [0.05, 0.1) is 18.6 Å². The van der Waals surface area contributed by atoms with Gasteiger partial charge in [0.1, 0.15) is 12.4 Å². The standard InChI is InChI=1S/C19H18N4O4S/c1-25-13-7-3-2-6-12(13)20-17(24)11-28-19-21-18(22-23-19)16-10-26-14-8-4-5-9-15(14)27-16/h2-9,16H,10-11H2,1H3,(H,20,24)(H,21,22,23). The van der Waals surface area contributed by atoms with Crippen LogP contribution in [-0.2, 0) is 4.79 Å². The number of H-pyrrole nitrogens is 1. The van der Waals surface area contributed by atoms with Crippen molar-refractivity contribution in [3.8, 4) is 17.2 Å². The summed E-state index contributed by atoms with van der Waals surface area (Å²) in [7, 11) is 1.56. The predicted octanol–water partition coefficient (Wildman–Crippen LogP) is 3.06. The number of methoxy groups -OCH3 is 1. The average Bonchev–Trinajstić information content (AvgIpc) is 3.21. The van der Waals surface area contributed by atoms with E-state index < -0.39 is 0 Å². The summed E-state index contributed by atoms with van der Waals surface area (Å²) in [5.41, 5.74) is 0.623. The van der Waals surface area contributed by atoms with Crippen molar-refractivity contribution in [3.63, 3.8) is 0 Å². The molecule has 4 rings (SSSR count). The van der Waals surface area contributed by atoms with Gasteiger partial charge in [0.25, 0.3) is 0 Å². The third kappa shape index (κ3) is 4.04. The van der Waals surface area contributed by atoms with E-state index in [1.54, 1.807) is 19.2 Å². The first-order valence-electron chi connectivity index (χ1n) is 8.59. The number of rotatable bonds is 6. The second-order valence-electron chi connectivity index (χ2n) is 5.90. The Morgan fingerprint density at radius 3 is 2.89 bits per heavy atom. The Morgan fingerprint density at radius 2 is 2.04 bits per heavy atom. The van der Waals surface area contributed by atoms with Crippen LogP contribution in [-0.4, -0.2) is 40.6 Å². The summed E-state index contributed by atoms with van der Waals surface area (Å²) in [5.74, 6) is 2.53. The molecule has 144 valence electrons. The zero-order valence-electron chi connectivity index (χ0n) is 15.0. The van der Waals surface area contributed by atoms with Crippen LogP contribution in [0.3, 0.4) is 0 Å². The highest BCUT2D eigenvalue weighted by Gasteiger charge is 2.25. The molecule has 0 spiro atoms. The highest BCUT2D eigenvalue weighted by atomic mass is 32.2. The molecule has 1 aliphatic heterocycles. The monoisotopic (exact) mass is 398 g/mol. The van der Waals surface area contributed by atoms with Crippen molar-refractivity contribution in [3.05, 3.63) is 54.4 Å². The van der Waals surface area contributed by atoms with Gasteiger partial charge in [-0.25, -0.2) is 4.98 Å². The highest BCUT2D eigenvalue weighted by Crippen LogP contribution is 2.35. The molecule has 1 aromatic heterocycles. The lowest BCUT2D eigenvalue weighted by atomic mass is 10.2. The number of hydrogen-bond acceptors (Lipinski definition) is 7. The number of carbonyl (C=O) groups excluding carboxylic acids is 1. The summed E-state index contributed by atoms with van der Waals surface area (Å²) >= 11 is 1.23. The van der Waals surface area contributed by atoms with Crippen LogP contribution in [0.2, 0.25) is 0 Å². The Kier molecular flexibility index (Phi) is 5.34. The molecule has 1 unspecified atom stereocenters. The summed E-state index contributed by atoms with van der Waals surface area (Å²) < 4.78 is 16.8. The lowest BCUT2D eigenvalue weighted by Gasteiger charge is -2.24. The van der Waals surface area contributed by atoms with Crippen LogP contribution in [0.4, 0.5) is 5.69 Å². The number of ether oxygens (including phenoxy) is 3. The number of hydrogen-bond donors (Lipinski definition) is 2. The summed E-state index contributed by atoms with van der Waals surface area (Å²) in [6, 6.07) is 14.7. The van der Waals surface area contributed by atoms with Crippen LogP contribution in [0.1, 0.15) is 11.9 Å². The summed E-state index contributed by atoms with van der Waals surface area (Å²) in [4.78, 5) is 16.6. The average molecular weight is 398 g/mol. The molecule has 0 aliphatic carbocycles. The SMILES string of the molecule is COc1ccccc1NC(=O)CSc1n[nH]c(C2COc3ccccc3O2)n1. The maximum absolute atomic E-state index is 12.2. The minimum Gasteiger partial charge on any atom is -0.495 e. The fourth-order valence-electron chi connectivity index (χ4n) is 2.69. The molecule has 28 heavy (non-hydrogen) atoms. The van der Waals surface area contributed by atoms with E-state index in [1.807, 2.05) is 36.4 Å². The normalized spacial score (nSPS) is 15.1. The van der Waals surface area contributed by atoms with Crippen molar-refractivity contribution in [1.82, 2.24) is 15.2 Å². The molecule has 0 fully saturated rings. The fourth-order valence-corrected chi connectivity index (χ4v) is 3.29. The number of carbonyl (C=O) groups is 1. The summed E-state index contributed by atoms with van der Waals surface area (Å²) in [5, 5.41) is 10.3. The van der Waals surface area contributed by atoms with Gasteiger partial charge in [-0.05, 0) is 24.3 Å². The molecule has 0 saturated carbocycles.